The molecular formula is C27H33ClN2O2. The molecule has 1 aliphatic rings. The van der Waals surface area contributed by atoms with Crippen molar-refractivity contribution in [3.8, 4) is 16.9 Å². The van der Waals surface area contributed by atoms with Gasteiger partial charge in [0.1, 0.15) is 5.75 Å². The number of carbonyl (C=O) groups is 1. The predicted molar refractivity (Wildman–Crippen MR) is 132 cm³/mol. The third kappa shape index (κ3) is 4.25. The third-order valence-corrected chi connectivity index (χ3v) is 7.18. The van der Waals surface area contributed by atoms with Crippen molar-refractivity contribution >= 4 is 28.4 Å². The number of hydrogen-bond acceptors (Lipinski definition) is 2. The molecular weight excluding hydrogens is 420 g/mol. The van der Waals surface area contributed by atoms with E-state index in [1.807, 2.05) is 56.1 Å². The molecule has 1 fully saturated rings. The molecule has 0 bridgehead atoms. The molecule has 1 amide bonds. The number of nitrogens with zero attached hydrogens (tertiary/aromatic N) is 2. The number of fused-ring (bicyclic) bond motifs is 1. The molecule has 0 atom stereocenters. The maximum Gasteiger partial charge on any atom is 0.266 e. The van der Waals surface area contributed by atoms with E-state index in [9.17, 15) is 4.79 Å². The summed E-state index contributed by atoms with van der Waals surface area (Å²) < 4.78 is 8.51. The van der Waals surface area contributed by atoms with Crippen LogP contribution in [0.15, 0.2) is 42.5 Å². The fraction of sp³-hybridized carbons (Fsp3) is 0.444. The van der Waals surface area contributed by atoms with Crippen molar-refractivity contribution in [1.29, 1.82) is 0 Å². The van der Waals surface area contributed by atoms with Gasteiger partial charge in [-0.25, -0.2) is 0 Å². The summed E-state index contributed by atoms with van der Waals surface area (Å²) in [5.74, 6) is 0.736. The van der Waals surface area contributed by atoms with E-state index in [2.05, 4.69) is 30.7 Å². The highest BCUT2D eigenvalue weighted by Crippen LogP contribution is 2.37. The lowest BCUT2D eigenvalue weighted by atomic mass is 9.93. The lowest BCUT2D eigenvalue weighted by Crippen LogP contribution is -2.51. The van der Waals surface area contributed by atoms with Gasteiger partial charge in [0.2, 0.25) is 0 Å². The molecule has 170 valence electrons. The van der Waals surface area contributed by atoms with E-state index in [0.717, 1.165) is 39.9 Å². The zero-order valence-corrected chi connectivity index (χ0v) is 20.5. The Hall–Kier alpha value is -2.46. The highest BCUT2D eigenvalue weighted by molar-refractivity contribution is 6.30. The summed E-state index contributed by atoms with van der Waals surface area (Å²) in [6.07, 6.45) is 5.82. The fourth-order valence-corrected chi connectivity index (χ4v) is 5.12. The van der Waals surface area contributed by atoms with Gasteiger partial charge in [0, 0.05) is 47.3 Å². The Morgan fingerprint density at radius 2 is 1.75 bits per heavy atom. The Morgan fingerprint density at radius 1 is 1.09 bits per heavy atom. The Kier molecular flexibility index (Phi) is 6.26. The van der Waals surface area contributed by atoms with E-state index in [-0.39, 0.29) is 5.91 Å². The molecule has 0 radical (unpaired) electrons. The molecule has 1 aromatic heterocycles. The summed E-state index contributed by atoms with van der Waals surface area (Å²) in [5.41, 5.74) is 3.63. The highest BCUT2D eigenvalue weighted by Gasteiger charge is 2.36. The van der Waals surface area contributed by atoms with Crippen molar-refractivity contribution in [3.63, 3.8) is 0 Å². The number of carbonyl (C=O) groups excluding carboxylic acids is 1. The van der Waals surface area contributed by atoms with Crippen LogP contribution in [0.5, 0.6) is 5.75 Å². The molecule has 0 spiro atoms. The van der Waals surface area contributed by atoms with Crippen LogP contribution in [0.3, 0.4) is 0 Å². The molecule has 32 heavy (non-hydrogen) atoms. The molecule has 0 N–H and O–H groups in total. The van der Waals surface area contributed by atoms with Crippen molar-refractivity contribution in [3.05, 3.63) is 53.2 Å². The zero-order valence-electron chi connectivity index (χ0n) is 19.7. The molecule has 0 aliphatic heterocycles. The van der Waals surface area contributed by atoms with Gasteiger partial charge in [-0.2, -0.15) is 0 Å². The summed E-state index contributed by atoms with van der Waals surface area (Å²) in [5, 5.41) is 1.83. The minimum Gasteiger partial charge on any atom is -0.478 e. The first-order valence-electron chi connectivity index (χ1n) is 11.5. The first-order chi connectivity index (χ1) is 15.2. The number of halogens is 1. The van der Waals surface area contributed by atoms with Gasteiger partial charge in [-0.3, -0.25) is 4.79 Å². The topological polar surface area (TPSA) is 34.5 Å². The molecule has 0 unspecified atom stereocenters. The van der Waals surface area contributed by atoms with E-state index in [1.54, 1.807) is 0 Å². The minimum absolute atomic E-state index is 0.0339. The normalized spacial score (nSPS) is 15.2. The van der Waals surface area contributed by atoms with E-state index >= 15 is 0 Å². The Balaban J connectivity index is 1.65. The second kappa shape index (κ2) is 8.82. The van der Waals surface area contributed by atoms with Gasteiger partial charge in [-0.05, 0) is 69.5 Å². The maximum atomic E-state index is 13.3. The smallest absolute Gasteiger partial charge is 0.266 e. The van der Waals surface area contributed by atoms with E-state index in [1.165, 1.54) is 25.0 Å². The summed E-state index contributed by atoms with van der Waals surface area (Å²) in [7, 11) is 4.00. The van der Waals surface area contributed by atoms with Gasteiger partial charge < -0.3 is 14.2 Å². The molecule has 1 saturated carbocycles. The van der Waals surface area contributed by atoms with E-state index in [4.69, 9.17) is 16.3 Å². The Labute approximate surface area is 196 Å². The molecule has 3 aromatic rings. The number of aromatic nitrogens is 1. The number of benzene rings is 2. The number of amides is 1. The first-order valence-corrected chi connectivity index (χ1v) is 11.9. The zero-order chi connectivity index (χ0) is 23.0. The lowest BCUT2D eigenvalue weighted by Gasteiger charge is -2.36. The number of likely N-dealkylation sites (N-methyl/N-ethyl adjacent to an activating group) is 1. The van der Waals surface area contributed by atoms with Crippen LogP contribution >= 0.6 is 11.6 Å². The Morgan fingerprint density at radius 3 is 2.41 bits per heavy atom. The number of rotatable bonds is 5. The van der Waals surface area contributed by atoms with Gasteiger partial charge in [0.15, 0.2) is 5.60 Å². The average molecular weight is 453 g/mol. The number of ether oxygens (including phenoxy) is 1. The van der Waals surface area contributed by atoms with Gasteiger partial charge in [-0.1, -0.05) is 43.0 Å². The van der Waals surface area contributed by atoms with E-state index < -0.39 is 5.60 Å². The fourth-order valence-electron chi connectivity index (χ4n) is 4.99. The van der Waals surface area contributed by atoms with Crippen molar-refractivity contribution < 1.29 is 9.53 Å². The average Bonchev–Trinajstić information content (AvgIpc) is 3.03. The lowest BCUT2D eigenvalue weighted by molar-refractivity contribution is -0.146. The van der Waals surface area contributed by atoms with Crippen LogP contribution in [0.2, 0.25) is 5.02 Å². The third-order valence-electron chi connectivity index (χ3n) is 6.93. The van der Waals surface area contributed by atoms with Crippen LogP contribution < -0.4 is 4.74 Å². The van der Waals surface area contributed by atoms with Crippen molar-refractivity contribution in [1.82, 2.24) is 9.47 Å². The monoisotopic (exact) mass is 452 g/mol. The van der Waals surface area contributed by atoms with Gasteiger partial charge >= 0.3 is 0 Å². The Bertz CT molecular complexity index is 1120. The standard InChI is InChI=1S/C27H33ClN2O2/c1-18-25(19-11-13-20(28)14-12-19)23-17-22(15-16-24(23)29(18)4)32-27(2,3)26(31)30(5)21-9-7-6-8-10-21/h11-17,21H,6-10H2,1-5H3. The molecule has 0 saturated heterocycles. The molecule has 1 aliphatic carbocycles. The second-order valence-corrected chi connectivity index (χ2v) is 9.96. The largest absolute Gasteiger partial charge is 0.478 e. The van der Waals surface area contributed by atoms with Crippen molar-refractivity contribution in [2.45, 2.75) is 64.5 Å². The molecule has 1 heterocycles. The van der Waals surface area contributed by atoms with E-state index in [0.29, 0.717) is 11.8 Å². The summed E-state index contributed by atoms with van der Waals surface area (Å²) in [6.45, 7) is 5.86. The predicted octanol–water partition coefficient (Wildman–Crippen LogP) is 6.76. The number of aryl methyl sites for hydroxylation is 1. The van der Waals surface area contributed by atoms with Gasteiger partial charge in [-0.15, -0.1) is 0 Å². The maximum absolute atomic E-state index is 13.3. The van der Waals surface area contributed by atoms with Crippen LogP contribution in [0.25, 0.3) is 22.0 Å². The van der Waals surface area contributed by atoms with Gasteiger partial charge in [0.05, 0.1) is 0 Å². The molecule has 4 rings (SSSR count). The summed E-state index contributed by atoms with van der Waals surface area (Å²) in [4.78, 5) is 15.2. The molecule has 4 nitrogen and oxygen atoms in total. The number of hydrogen-bond donors (Lipinski definition) is 0. The molecule has 5 heteroatoms. The minimum atomic E-state index is -0.940. The van der Waals surface area contributed by atoms with Crippen LogP contribution in [-0.4, -0.2) is 34.1 Å². The SMILES string of the molecule is Cc1c(-c2ccc(Cl)cc2)c2cc(OC(C)(C)C(=O)N(C)C3CCCCC3)ccc2n1C. The van der Waals surface area contributed by atoms with Crippen LogP contribution in [0, 0.1) is 6.92 Å². The summed E-state index contributed by atoms with van der Waals surface area (Å²) >= 11 is 6.11. The van der Waals surface area contributed by atoms with Crippen LogP contribution in [0.4, 0.5) is 0 Å². The second-order valence-electron chi connectivity index (χ2n) is 9.53. The highest BCUT2D eigenvalue weighted by atomic mass is 35.5. The van der Waals surface area contributed by atoms with Crippen molar-refractivity contribution in [2.24, 2.45) is 7.05 Å². The van der Waals surface area contributed by atoms with Crippen LogP contribution in [0.1, 0.15) is 51.6 Å². The van der Waals surface area contributed by atoms with Gasteiger partial charge in [0.25, 0.3) is 5.91 Å². The van der Waals surface area contributed by atoms with Crippen molar-refractivity contribution in [2.75, 3.05) is 7.05 Å². The molecule has 2 aromatic carbocycles. The quantitative estimate of drug-likeness (QED) is 0.428. The summed E-state index contributed by atoms with van der Waals surface area (Å²) in [6, 6.07) is 14.3. The first kappa shape index (κ1) is 22.7. The van der Waals surface area contributed by atoms with Crippen LogP contribution in [-0.2, 0) is 11.8 Å².